The quantitative estimate of drug-likeness (QED) is 0.434. The van der Waals surface area contributed by atoms with Crippen molar-refractivity contribution in [2.75, 3.05) is 13.2 Å². The van der Waals surface area contributed by atoms with Crippen LogP contribution in [-0.4, -0.2) is 70.2 Å². The van der Waals surface area contributed by atoms with Crippen LogP contribution in [0.15, 0.2) is 17.1 Å². The first-order chi connectivity index (χ1) is 14.1. The summed E-state index contributed by atoms with van der Waals surface area (Å²) in [7, 11) is 0. The van der Waals surface area contributed by atoms with Crippen molar-refractivity contribution < 1.29 is 43.2 Å². The molecule has 1 aromatic rings. The Bertz CT molecular complexity index is 839. The molecule has 1 N–H and O–H groups in total. The Hall–Kier alpha value is -2.99. The number of carbonyl (C=O) groups excluding carboxylic acids is 3. The topological polar surface area (TPSA) is 152 Å². The number of aliphatic hydroxyl groups excluding tert-OH is 1. The lowest BCUT2D eigenvalue weighted by Gasteiger charge is -2.43. The van der Waals surface area contributed by atoms with E-state index in [2.05, 4.69) is 4.98 Å². The van der Waals surface area contributed by atoms with E-state index in [-0.39, 0.29) is 12.5 Å². The van der Waals surface area contributed by atoms with Crippen molar-refractivity contribution >= 4 is 17.9 Å². The van der Waals surface area contributed by atoms with Gasteiger partial charge in [-0.1, -0.05) is 0 Å². The van der Waals surface area contributed by atoms with Crippen LogP contribution >= 0.6 is 0 Å². The average Bonchev–Trinajstić information content (AvgIpc) is 2.64. The molecule has 1 fully saturated rings. The van der Waals surface area contributed by atoms with Gasteiger partial charge in [0, 0.05) is 33.0 Å². The van der Waals surface area contributed by atoms with Crippen molar-refractivity contribution in [1.82, 2.24) is 9.55 Å². The Morgan fingerprint density at radius 2 is 1.77 bits per heavy atom. The van der Waals surface area contributed by atoms with Crippen LogP contribution in [0.5, 0.6) is 5.88 Å². The number of esters is 3. The maximum Gasteiger partial charge on any atom is 0.353 e. The van der Waals surface area contributed by atoms with Gasteiger partial charge in [-0.25, -0.2) is 4.79 Å². The first-order valence-corrected chi connectivity index (χ1v) is 9.17. The largest absolute Gasteiger partial charge is 0.478 e. The highest BCUT2D eigenvalue weighted by Gasteiger charge is 2.50. The summed E-state index contributed by atoms with van der Waals surface area (Å²) in [6.07, 6.45) is -5.53. The second-order valence-electron chi connectivity index (χ2n) is 6.40. The second-order valence-corrected chi connectivity index (χ2v) is 6.40. The second kappa shape index (κ2) is 10.2. The molecule has 2 rings (SSSR count). The average molecular weight is 428 g/mol. The normalized spacial score (nSPS) is 25.8. The molecule has 0 saturated carbocycles. The monoisotopic (exact) mass is 428 g/mol. The lowest BCUT2D eigenvalue weighted by atomic mass is 9.97. The lowest BCUT2D eigenvalue weighted by Crippen LogP contribution is -2.60. The zero-order chi connectivity index (χ0) is 22.4. The fourth-order valence-electron chi connectivity index (χ4n) is 2.95. The molecular formula is C18H24N2O10. The van der Waals surface area contributed by atoms with Crippen molar-refractivity contribution in [3.63, 3.8) is 0 Å². The molecule has 166 valence electrons. The Morgan fingerprint density at radius 1 is 1.13 bits per heavy atom. The number of nitrogens with zero attached hydrogens (tertiary/aromatic N) is 2. The molecule has 0 aromatic carbocycles. The first-order valence-electron chi connectivity index (χ1n) is 9.17. The minimum Gasteiger partial charge on any atom is -0.478 e. The zero-order valence-corrected chi connectivity index (χ0v) is 17.0. The maximum atomic E-state index is 12.4. The van der Waals surface area contributed by atoms with Crippen molar-refractivity contribution in [2.45, 2.75) is 58.3 Å². The number of hydrogen-bond acceptors (Lipinski definition) is 11. The van der Waals surface area contributed by atoms with E-state index in [0.29, 0.717) is 6.61 Å². The van der Waals surface area contributed by atoms with Gasteiger partial charge in [-0.15, -0.1) is 0 Å². The van der Waals surface area contributed by atoms with Gasteiger partial charge in [0.1, 0.15) is 18.8 Å². The third-order valence-corrected chi connectivity index (χ3v) is 4.06. The summed E-state index contributed by atoms with van der Waals surface area (Å²) in [5, 5.41) is 10.8. The number of aromatic nitrogens is 2. The minimum absolute atomic E-state index is 0.0786. The molecule has 0 spiro atoms. The van der Waals surface area contributed by atoms with Gasteiger partial charge in [-0.05, 0) is 6.92 Å². The number of hydrogen-bond donors (Lipinski definition) is 1. The molecule has 12 heteroatoms. The summed E-state index contributed by atoms with van der Waals surface area (Å²) in [6.45, 7) is 5.02. The Morgan fingerprint density at radius 3 is 2.30 bits per heavy atom. The third kappa shape index (κ3) is 5.76. The number of aliphatic hydroxyl groups is 1. The predicted molar refractivity (Wildman–Crippen MR) is 97.3 cm³/mol. The van der Waals surface area contributed by atoms with E-state index in [0.717, 1.165) is 18.4 Å². The van der Waals surface area contributed by atoms with Crippen LogP contribution in [0.1, 0.15) is 33.9 Å². The summed E-state index contributed by atoms with van der Waals surface area (Å²) in [6, 6.07) is 1.39. The van der Waals surface area contributed by atoms with Crippen molar-refractivity contribution in [2.24, 2.45) is 0 Å². The van der Waals surface area contributed by atoms with Gasteiger partial charge in [-0.2, -0.15) is 4.98 Å². The minimum atomic E-state index is -1.61. The fraction of sp³-hybridized carbons (Fsp3) is 0.611. The molecule has 12 nitrogen and oxygen atoms in total. The molecule has 2 heterocycles. The molecule has 1 aromatic heterocycles. The molecule has 1 saturated heterocycles. The Kier molecular flexibility index (Phi) is 7.89. The smallest absolute Gasteiger partial charge is 0.353 e. The van der Waals surface area contributed by atoms with Gasteiger partial charge in [0.15, 0.2) is 18.4 Å². The van der Waals surface area contributed by atoms with Gasteiger partial charge in [0.2, 0.25) is 5.88 Å². The van der Waals surface area contributed by atoms with Crippen LogP contribution in [-0.2, 0) is 33.3 Å². The number of ether oxygens (including phenoxy) is 5. The number of carbonyl (C=O) groups is 3. The third-order valence-electron chi connectivity index (χ3n) is 4.06. The fourth-order valence-corrected chi connectivity index (χ4v) is 2.95. The molecule has 1 aliphatic rings. The van der Waals surface area contributed by atoms with E-state index in [4.69, 9.17) is 23.7 Å². The SMILES string of the molecule is CCOc1ccn(C2OC(COC(C)=O)C(OC(C)=O)C(OC(C)=O)C2O)c(=O)n1. The molecule has 30 heavy (non-hydrogen) atoms. The van der Waals surface area contributed by atoms with Gasteiger partial charge >= 0.3 is 23.6 Å². The Labute approximate surface area is 171 Å². The van der Waals surface area contributed by atoms with Gasteiger partial charge in [0.25, 0.3) is 0 Å². The molecule has 0 radical (unpaired) electrons. The van der Waals surface area contributed by atoms with Gasteiger partial charge in [0.05, 0.1) is 6.61 Å². The van der Waals surface area contributed by atoms with Crippen LogP contribution in [0.3, 0.4) is 0 Å². The standard InChI is InChI=1S/C18H24N2O10/c1-5-26-13-6-7-20(18(25)19-13)17-14(24)16(29-11(4)23)15(28-10(3)22)12(30-17)8-27-9(2)21/h6-7,12,14-17,24H,5,8H2,1-4H3. The van der Waals surface area contributed by atoms with E-state index in [1.54, 1.807) is 6.92 Å². The molecule has 5 unspecified atom stereocenters. The van der Waals surface area contributed by atoms with Crippen molar-refractivity contribution in [3.8, 4) is 5.88 Å². The number of rotatable bonds is 7. The highest BCUT2D eigenvalue weighted by Crippen LogP contribution is 2.32. The molecule has 1 aliphatic heterocycles. The summed E-state index contributed by atoms with van der Waals surface area (Å²) in [5.74, 6) is -2.05. The predicted octanol–water partition coefficient (Wildman–Crippen LogP) is -0.673. The molecule has 0 aliphatic carbocycles. The summed E-state index contributed by atoms with van der Waals surface area (Å²) < 4.78 is 27.1. The van der Waals surface area contributed by atoms with Gasteiger partial charge in [-0.3, -0.25) is 19.0 Å². The van der Waals surface area contributed by atoms with E-state index >= 15 is 0 Å². The lowest BCUT2D eigenvalue weighted by molar-refractivity contribution is -0.264. The Balaban J connectivity index is 2.43. The molecular weight excluding hydrogens is 404 g/mol. The van der Waals surface area contributed by atoms with Crippen LogP contribution in [0.25, 0.3) is 0 Å². The van der Waals surface area contributed by atoms with Crippen LogP contribution < -0.4 is 10.4 Å². The molecule has 5 atom stereocenters. The van der Waals surface area contributed by atoms with Crippen molar-refractivity contribution in [1.29, 1.82) is 0 Å². The van der Waals surface area contributed by atoms with Gasteiger partial charge < -0.3 is 28.8 Å². The van der Waals surface area contributed by atoms with Crippen LogP contribution in [0, 0.1) is 0 Å². The highest BCUT2D eigenvalue weighted by molar-refractivity contribution is 5.67. The van der Waals surface area contributed by atoms with E-state index in [1.807, 2.05) is 0 Å². The van der Waals surface area contributed by atoms with Crippen LogP contribution in [0.2, 0.25) is 0 Å². The summed E-state index contributed by atoms with van der Waals surface area (Å²) in [5.41, 5.74) is -0.802. The molecule has 0 bridgehead atoms. The van der Waals surface area contributed by atoms with E-state index in [9.17, 15) is 24.3 Å². The van der Waals surface area contributed by atoms with E-state index in [1.165, 1.54) is 19.2 Å². The van der Waals surface area contributed by atoms with Crippen molar-refractivity contribution in [3.05, 3.63) is 22.7 Å². The maximum absolute atomic E-state index is 12.4. The first kappa shape index (κ1) is 23.3. The highest BCUT2D eigenvalue weighted by atomic mass is 16.6. The molecule has 0 amide bonds. The zero-order valence-electron chi connectivity index (χ0n) is 17.0. The van der Waals surface area contributed by atoms with Crippen LogP contribution in [0.4, 0.5) is 0 Å². The van der Waals surface area contributed by atoms with E-state index < -0.39 is 54.2 Å². The summed E-state index contributed by atoms with van der Waals surface area (Å²) in [4.78, 5) is 50.6. The summed E-state index contributed by atoms with van der Waals surface area (Å²) >= 11 is 0.